The summed E-state index contributed by atoms with van der Waals surface area (Å²) in [4.78, 5) is 17.4. The topological polar surface area (TPSA) is 99.1 Å². The number of nitrogens with one attached hydrogen (secondary N) is 4. The van der Waals surface area contributed by atoms with Gasteiger partial charge in [0, 0.05) is 35.8 Å². The average molecular weight is 458 g/mol. The lowest BCUT2D eigenvalue weighted by Crippen LogP contribution is -2.47. The predicted octanol–water partition coefficient (Wildman–Crippen LogP) is 4.15. The summed E-state index contributed by atoms with van der Waals surface area (Å²) >= 11 is 5.98. The Kier molecular flexibility index (Phi) is 8.88. The van der Waals surface area contributed by atoms with Gasteiger partial charge < -0.3 is 20.7 Å². The molecule has 0 spiro atoms. The largest absolute Gasteiger partial charge is 0.474 e. The van der Waals surface area contributed by atoms with E-state index in [2.05, 4.69) is 34.8 Å². The van der Waals surface area contributed by atoms with E-state index in [0.29, 0.717) is 28.8 Å². The highest BCUT2D eigenvalue weighted by atomic mass is 35.5. The zero-order valence-corrected chi connectivity index (χ0v) is 19.5. The average Bonchev–Trinajstić information content (AvgIpc) is 2.82. The van der Waals surface area contributed by atoms with Crippen LogP contribution in [0.5, 0.6) is 5.88 Å². The molecule has 1 aromatic heterocycles. The molecule has 0 aliphatic carbocycles. The number of aromatic nitrogens is 1. The molecule has 2 aromatic rings. The summed E-state index contributed by atoms with van der Waals surface area (Å²) in [7, 11) is 0. The zero-order chi connectivity index (χ0) is 22.9. The fourth-order valence-electron chi connectivity index (χ4n) is 3.61. The molecule has 1 atom stereocenters. The van der Waals surface area contributed by atoms with Gasteiger partial charge in [0.1, 0.15) is 11.5 Å². The number of amides is 1. The van der Waals surface area contributed by atoms with Crippen molar-refractivity contribution in [1.82, 2.24) is 15.6 Å². The van der Waals surface area contributed by atoms with Crippen LogP contribution < -0.4 is 20.7 Å². The molecule has 1 unspecified atom stereocenters. The molecule has 1 aromatic carbocycles. The van der Waals surface area contributed by atoms with Crippen LogP contribution in [-0.4, -0.2) is 41.8 Å². The number of hydrogen-bond acceptors (Lipinski definition) is 6. The summed E-state index contributed by atoms with van der Waals surface area (Å²) in [6.45, 7) is 6.31. The first kappa shape index (κ1) is 24.0. The van der Waals surface area contributed by atoms with E-state index in [9.17, 15) is 4.79 Å². The summed E-state index contributed by atoms with van der Waals surface area (Å²) in [6, 6.07) is 11.0. The number of benzene rings is 1. The minimum atomic E-state index is -0.399. The number of halogens is 1. The van der Waals surface area contributed by atoms with Crippen LogP contribution in [0.3, 0.4) is 0 Å². The van der Waals surface area contributed by atoms with Gasteiger partial charge in [-0.3, -0.25) is 10.2 Å². The lowest BCUT2D eigenvalue weighted by atomic mass is 10.1. The number of pyridine rings is 1. The summed E-state index contributed by atoms with van der Waals surface area (Å²) in [5.74, 6) is 0.528. The van der Waals surface area contributed by atoms with E-state index in [1.165, 1.54) is 0 Å². The molecule has 3 rings (SSSR count). The van der Waals surface area contributed by atoms with Crippen molar-refractivity contribution in [2.24, 2.45) is 0 Å². The van der Waals surface area contributed by atoms with Crippen LogP contribution in [0.15, 0.2) is 36.4 Å². The van der Waals surface area contributed by atoms with Gasteiger partial charge in [-0.15, -0.1) is 0 Å². The molecule has 1 amide bonds. The maximum Gasteiger partial charge on any atom is 0.270 e. The van der Waals surface area contributed by atoms with E-state index in [1.807, 2.05) is 24.3 Å². The van der Waals surface area contributed by atoms with E-state index < -0.39 is 5.91 Å². The second-order valence-electron chi connectivity index (χ2n) is 7.97. The Hall–Kier alpha value is -2.64. The Balaban J connectivity index is 1.79. The summed E-state index contributed by atoms with van der Waals surface area (Å²) in [5.41, 5.74) is 1.34. The lowest BCUT2D eigenvalue weighted by Gasteiger charge is -2.24. The molecular weight excluding hydrogens is 426 g/mol. The zero-order valence-electron chi connectivity index (χ0n) is 18.7. The first-order valence-corrected chi connectivity index (χ1v) is 11.6. The number of nitrogens with zero attached hydrogens (tertiary/aromatic N) is 1. The maximum atomic E-state index is 12.8. The molecule has 1 fully saturated rings. The number of carbonyl (C=O) groups is 1. The minimum absolute atomic E-state index is 0.0347. The summed E-state index contributed by atoms with van der Waals surface area (Å²) in [6.07, 6.45) is 3.74. The van der Waals surface area contributed by atoms with Crippen LogP contribution in [-0.2, 0) is 11.3 Å². The van der Waals surface area contributed by atoms with E-state index in [1.54, 1.807) is 12.1 Å². The van der Waals surface area contributed by atoms with Gasteiger partial charge in [-0.2, -0.15) is 4.98 Å². The smallest absolute Gasteiger partial charge is 0.270 e. The SMILES string of the molecule is CCC(CC)Oc1ccc(C(=N)C(=O)NC2CCCNC2)c(NCc2ccc(Cl)cc2)n1. The minimum Gasteiger partial charge on any atom is -0.474 e. The third-order valence-corrected chi connectivity index (χ3v) is 5.82. The first-order chi connectivity index (χ1) is 15.5. The van der Waals surface area contributed by atoms with Gasteiger partial charge >= 0.3 is 0 Å². The van der Waals surface area contributed by atoms with Crippen molar-refractivity contribution in [2.45, 2.75) is 58.2 Å². The van der Waals surface area contributed by atoms with Crippen molar-refractivity contribution >= 4 is 29.0 Å². The highest BCUT2D eigenvalue weighted by molar-refractivity contribution is 6.45. The molecule has 1 aliphatic rings. The van der Waals surface area contributed by atoms with Gasteiger partial charge in [-0.1, -0.05) is 37.6 Å². The molecule has 0 saturated carbocycles. The number of rotatable bonds is 10. The predicted molar refractivity (Wildman–Crippen MR) is 129 cm³/mol. The van der Waals surface area contributed by atoms with Crippen molar-refractivity contribution in [3.05, 3.63) is 52.5 Å². The molecule has 2 heterocycles. The van der Waals surface area contributed by atoms with Crippen LogP contribution in [0, 0.1) is 5.41 Å². The van der Waals surface area contributed by atoms with E-state index in [0.717, 1.165) is 44.3 Å². The Morgan fingerprint density at radius 2 is 2.00 bits per heavy atom. The van der Waals surface area contributed by atoms with Crippen LogP contribution in [0.2, 0.25) is 5.02 Å². The van der Waals surface area contributed by atoms with Gasteiger partial charge in [0.2, 0.25) is 5.88 Å². The molecule has 1 saturated heterocycles. The number of ether oxygens (including phenoxy) is 1. The van der Waals surface area contributed by atoms with Crippen LogP contribution in [0.25, 0.3) is 0 Å². The fraction of sp³-hybridized carbons (Fsp3) is 0.458. The second kappa shape index (κ2) is 11.8. The molecule has 8 heteroatoms. The van der Waals surface area contributed by atoms with Crippen LogP contribution >= 0.6 is 11.6 Å². The van der Waals surface area contributed by atoms with Gasteiger partial charge in [-0.05, 0) is 56.0 Å². The monoisotopic (exact) mass is 457 g/mol. The second-order valence-corrected chi connectivity index (χ2v) is 8.41. The first-order valence-electron chi connectivity index (χ1n) is 11.3. The molecule has 0 radical (unpaired) electrons. The molecule has 32 heavy (non-hydrogen) atoms. The molecule has 172 valence electrons. The molecule has 0 bridgehead atoms. The van der Waals surface area contributed by atoms with Crippen molar-refractivity contribution in [3.63, 3.8) is 0 Å². The van der Waals surface area contributed by atoms with E-state index >= 15 is 0 Å². The highest BCUT2D eigenvalue weighted by Crippen LogP contribution is 2.22. The van der Waals surface area contributed by atoms with Crippen LogP contribution in [0.1, 0.15) is 50.7 Å². The summed E-state index contributed by atoms with van der Waals surface area (Å²) < 4.78 is 5.99. The Bertz CT molecular complexity index is 909. The van der Waals surface area contributed by atoms with Gasteiger partial charge in [0.05, 0.1) is 6.10 Å². The number of hydrogen-bond donors (Lipinski definition) is 4. The molecule has 4 N–H and O–H groups in total. The lowest BCUT2D eigenvalue weighted by molar-refractivity contribution is -0.115. The van der Waals surface area contributed by atoms with Crippen molar-refractivity contribution in [3.8, 4) is 5.88 Å². The number of anilines is 1. The Labute approximate surface area is 194 Å². The van der Waals surface area contributed by atoms with E-state index in [-0.39, 0.29) is 17.9 Å². The quantitative estimate of drug-likeness (QED) is 0.402. The van der Waals surface area contributed by atoms with E-state index in [4.69, 9.17) is 21.7 Å². The van der Waals surface area contributed by atoms with Gasteiger partial charge in [-0.25, -0.2) is 0 Å². The van der Waals surface area contributed by atoms with Gasteiger partial charge in [0.25, 0.3) is 5.91 Å². The molecule has 7 nitrogen and oxygen atoms in total. The molecular formula is C24H32ClN5O2. The van der Waals surface area contributed by atoms with Crippen molar-refractivity contribution in [1.29, 1.82) is 5.41 Å². The third kappa shape index (κ3) is 6.68. The normalized spacial score (nSPS) is 15.9. The molecule has 1 aliphatic heterocycles. The van der Waals surface area contributed by atoms with Gasteiger partial charge in [0.15, 0.2) is 0 Å². The highest BCUT2D eigenvalue weighted by Gasteiger charge is 2.22. The number of carbonyl (C=O) groups excluding carboxylic acids is 1. The standard InChI is InChI=1S/C24H32ClN5O2/c1-3-19(4-2)32-21-12-11-20(22(26)24(31)29-18-6-5-13-27-15-18)23(30-21)28-14-16-7-9-17(25)10-8-16/h7-12,18-19,26-27H,3-6,13-15H2,1-2H3,(H,28,30)(H,29,31). The van der Waals surface area contributed by atoms with Crippen molar-refractivity contribution in [2.75, 3.05) is 18.4 Å². The van der Waals surface area contributed by atoms with Crippen LogP contribution in [0.4, 0.5) is 5.82 Å². The maximum absolute atomic E-state index is 12.8. The third-order valence-electron chi connectivity index (χ3n) is 5.57. The fourth-order valence-corrected chi connectivity index (χ4v) is 3.74. The Morgan fingerprint density at radius 3 is 2.66 bits per heavy atom. The number of piperidine rings is 1. The van der Waals surface area contributed by atoms with Crippen molar-refractivity contribution < 1.29 is 9.53 Å². The Morgan fingerprint density at radius 1 is 1.25 bits per heavy atom. The summed E-state index contributed by atoms with van der Waals surface area (Å²) in [5, 5.41) is 18.7.